The lowest BCUT2D eigenvalue weighted by Gasteiger charge is -2.28. The standard InChI is InChI=1S/C16H25NO3S5Si.C13H19NO3S5Si/c1-4-18-26(19-5-2,20-6-3)13-9-12-21-24-25-23-16-17-14-10-7-8-11-15(14)22-16;1-15-23(16-2,17-3)10-6-9-18-21-22-20-13-14-11-7-4-5-8-12(11)19-13/h7-8,10-11H,4-6,9,12-13H2,1-3H3;4-5,7-8H,6,9-10H2,1-3H3. The first-order valence-electron chi connectivity index (χ1n) is 15.5. The molecule has 2 aromatic carbocycles. The number of thiazole rings is 2. The number of aromatic nitrogens is 2. The third kappa shape index (κ3) is 16.2. The van der Waals surface area contributed by atoms with Gasteiger partial charge in [-0.15, -0.1) is 22.7 Å². The Morgan fingerprint density at radius 1 is 0.571 bits per heavy atom. The van der Waals surface area contributed by atoms with Gasteiger partial charge in [-0.3, -0.25) is 0 Å². The molecule has 8 nitrogen and oxygen atoms in total. The molecule has 0 unspecified atom stereocenters. The first-order valence-corrected chi connectivity index (χ1v) is 31.0. The first kappa shape index (κ1) is 44.6. The van der Waals surface area contributed by atoms with Crippen molar-refractivity contribution < 1.29 is 26.6 Å². The van der Waals surface area contributed by atoms with Crippen molar-refractivity contribution >= 4 is 143 Å². The zero-order valence-electron chi connectivity index (χ0n) is 28.4. The predicted molar refractivity (Wildman–Crippen MR) is 232 cm³/mol. The van der Waals surface area contributed by atoms with Gasteiger partial charge in [0.2, 0.25) is 0 Å². The van der Waals surface area contributed by atoms with Gasteiger partial charge in [0.25, 0.3) is 0 Å². The van der Waals surface area contributed by atoms with E-state index in [2.05, 4.69) is 46.4 Å². The topological polar surface area (TPSA) is 81.2 Å². The Morgan fingerprint density at radius 2 is 0.980 bits per heavy atom. The molecule has 0 saturated carbocycles. The van der Waals surface area contributed by atoms with Crippen LogP contribution in [-0.4, -0.2) is 80.2 Å². The van der Waals surface area contributed by atoms with E-state index in [0.717, 1.165) is 56.1 Å². The summed E-state index contributed by atoms with van der Waals surface area (Å²) in [5.74, 6) is 2.10. The maximum Gasteiger partial charge on any atom is 0.500 e. The summed E-state index contributed by atoms with van der Waals surface area (Å²) in [6.45, 7) is 7.93. The molecule has 2 aromatic heterocycles. The van der Waals surface area contributed by atoms with Gasteiger partial charge < -0.3 is 26.6 Å². The highest BCUT2D eigenvalue weighted by Crippen LogP contribution is 2.49. The van der Waals surface area contributed by atoms with Crippen molar-refractivity contribution in [1.82, 2.24) is 9.97 Å². The van der Waals surface area contributed by atoms with Crippen molar-refractivity contribution in [3.05, 3.63) is 48.5 Å². The largest absolute Gasteiger partial charge is 0.500 e. The third-order valence-corrected chi connectivity index (χ3v) is 27.7. The molecular formula is C29H44N2O6S10Si2. The maximum absolute atomic E-state index is 5.89. The molecule has 0 aliphatic carbocycles. The van der Waals surface area contributed by atoms with Gasteiger partial charge >= 0.3 is 17.6 Å². The van der Waals surface area contributed by atoms with Crippen molar-refractivity contribution in [3.8, 4) is 0 Å². The molecule has 0 spiro atoms. The zero-order chi connectivity index (χ0) is 35.2. The van der Waals surface area contributed by atoms with E-state index in [0.29, 0.717) is 19.8 Å². The molecule has 0 bridgehead atoms. The van der Waals surface area contributed by atoms with E-state index < -0.39 is 17.6 Å². The summed E-state index contributed by atoms with van der Waals surface area (Å²) < 4.78 is 38.6. The third-order valence-electron chi connectivity index (χ3n) is 6.36. The van der Waals surface area contributed by atoms with Crippen LogP contribution in [0.15, 0.2) is 57.2 Å². The number of para-hydroxylation sites is 2. The highest BCUT2D eigenvalue weighted by Gasteiger charge is 2.39. The number of rotatable bonds is 25. The van der Waals surface area contributed by atoms with Gasteiger partial charge in [-0.1, -0.05) is 45.9 Å². The Kier molecular flexibility index (Phi) is 23.8. The van der Waals surface area contributed by atoms with E-state index in [1.54, 1.807) is 105 Å². The molecule has 0 atom stereocenters. The highest BCUT2D eigenvalue weighted by atomic mass is 33.7. The van der Waals surface area contributed by atoms with Crippen LogP contribution in [0.1, 0.15) is 33.6 Å². The SMILES string of the molecule is CCO[Si](CCCSSSSc1nc2ccccc2s1)(OCC)OCC.CO[Si](CCCSSSSc1nc2ccccc2s1)(OC)OC. The summed E-state index contributed by atoms with van der Waals surface area (Å²) in [5.41, 5.74) is 2.17. The Hall–Kier alpha value is 1.21. The molecule has 0 saturated heterocycles. The second-order valence-electron chi connectivity index (χ2n) is 9.46. The molecule has 2 heterocycles. The van der Waals surface area contributed by atoms with E-state index in [-0.39, 0.29) is 0 Å². The first-order chi connectivity index (χ1) is 24.0. The highest BCUT2D eigenvalue weighted by molar-refractivity contribution is 9.26. The molecule has 4 rings (SSSR count). The van der Waals surface area contributed by atoms with Crippen LogP contribution in [0.4, 0.5) is 0 Å². The molecule has 49 heavy (non-hydrogen) atoms. The van der Waals surface area contributed by atoms with Crippen LogP contribution in [0.25, 0.3) is 20.4 Å². The lowest BCUT2D eigenvalue weighted by atomic mass is 10.3. The fraction of sp³-hybridized carbons (Fsp3) is 0.517. The van der Waals surface area contributed by atoms with Gasteiger partial charge in [-0.25, -0.2) is 9.97 Å². The van der Waals surface area contributed by atoms with Crippen molar-refractivity contribution in [1.29, 1.82) is 0 Å². The van der Waals surface area contributed by atoms with Crippen LogP contribution >= 0.6 is 105 Å². The molecule has 0 amide bonds. The monoisotopic (exact) mass is 892 g/mol. The number of hydrogen-bond donors (Lipinski definition) is 0. The molecule has 274 valence electrons. The molecular weight excluding hydrogens is 849 g/mol. The maximum atomic E-state index is 5.89. The fourth-order valence-corrected chi connectivity index (χ4v) is 23.8. The molecule has 0 fully saturated rings. The van der Waals surface area contributed by atoms with Crippen LogP contribution < -0.4 is 0 Å². The smallest absolute Gasteiger partial charge is 0.377 e. The van der Waals surface area contributed by atoms with Gasteiger partial charge in [0.15, 0.2) is 8.68 Å². The van der Waals surface area contributed by atoms with Gasteiger partial charge in [-0.2, -0.15) is 0 Å². The van der Waals surface area contributed by atoms with Gasteiger partial charge in [0, 0.05) is 64.7 Å². The van der Waals surface area contributed by atoms with Crippen LogP contribution in [0, 0.1) is 0 Å². The lowest BCUT2D eigenvalue weighted by Crippen LogP contribution is -2.46. The lowest BCUT2D eigenvalue weighted by molar-refractivity contribution is 0.0712. The zero-order valence-corrected chi connectivity index (χ0v) is 38.6. The summed E-state index contributed by atoms with van der Waals surface area (Å²) in [4.78, 5) is 9.24. The van der Waals surface area contributed by atoms with E-state index in [1.807, 2.05) is 54.5 Å². The molecule has 20 heteroatoms. The van der Waals surface area contributed by atoms with Gasteiger partial charge in [0.05, 0.1) is 20.4 Å². The van der Waals surface area contributed by atoms with Gasteiger partial charge in [-0.05, 0) is 119 Å². The Morgan fingerprint density at radius 3 is 1.37 bits per heavy atom. The summed E-state index contributed by atoms with van der Waals surface area (Å²) in [7, 11) is 14.4. The van der Waals surface area contributed by atoms with E-state index in [9.17, 15) is 0 Å². The molecule has 0 N–H and O–H groups in total. The summed E-state index contributed by atoms with van der Waals surface area (Å²) in [5, 5.41) is 0. The van der Waals surface area contributed by atoms with Crippen molar-refractivity contribution in [3.63, 3.8) is 0 Å². The van der Waals surface area contributed by atoms with Crippen LogP contribution in [-0.2, 0) is 26.6 Å². The van der Waals surface area contributed by atoms with E-state index in [1.165, 1.54) is 9.40 Å². The van der Waals surface area contributed by atoms with Crippen molar-refractivity contribution in [2.45, 2.75) is 54.4 Å². The molecule has 4 aromatic rings. The number of fused-ring (bicyclic) bond motifs is 2. The molecule has 0 aliphatic heterocycles. The second-order valence-corrected chi connectivity index (χ2v) is 29.7. The van der Waals surface area contributed by atoms with Crippen molar-refractivity contribution in [2.24, 2.45) is 0 Å². The average molecular weight is 894 g/mol. The Labute approximate surface area is 332 Å². The average Bonchev–Trinajstić information content (AvgIpc) is 3.74. The minimum atomic E-state index is -2.48. The summed E-state index contributed by atoms with van der Waals surface area (Å²) in [6.07, 6.45) is 2.06. The Balaban J connectivity index is 0.000000267. The summed E-state index contributed by atoms with van der Waals surface area (Å²) in [6, 6.07) is 18.2. The minimum absolute atomic E-state index is 0.642. The van der Waals surface area contributed by atoms with Crippen LogP contribution in [0.2, 0.25) is 12.1 Å². The van der Waals surface area contributed by atoms with E-state index >= 15 is 0 Å². The normalized spacial score (nSPS) is 12.1. The van der Waals surface area contributed by atoms with E-state index in [4.69, 9.17) is 26.6 Å². The number of hydrogen-bond acceptors (Lipinski definition) is 18. The Bertz CT molecular complexity index is 1360. The number of benzene rings is 2. The van der Waals surface area contributed by atoms with Crippen LogP contribution in [0.3, 0.4) is 0 Å². The number of nitrogens with zero attached hydrogens (tertiary/aromatic N) is 2. The second kappa shape index (κ2) is 26.1. The predicted octanol–water partition coefficient (Wildman–Crippen LogP) is 12.4. The van der Waals surface area contributed by atoms with Crippen molar-refractivity contribution in [2.75, 3.05) is 52.7 Å². The minimum Gasteiger partial charge on any atom is -0.377 e. The fourth-order valence-electron chi connectivity index (χ4n) is 4.22. The summed E-state index contributed by atoms with van der Waals surface area (Å²) >= 11 is 3.49. The quantitative estimate of drug-likeness (QED) is 0.0359. The molecule has 0 aliphatic rings. The van der Waals surface area contributed by atoms with Gasteiger partial charge in [0.1, 0.15) is 0 Å². The molecule has 0 radical (unpaired) electrons. The van der Waals surface area contributed by atoms with Crippen LogP contribution in [0.5, 0.6) is 0 Å².